The summed E-state index contributed by atoms with van der Waals surface area (Å²) in [4.78, 5) is 13.9. The number of hydrogen-bond donors (Lipinski definition) is 3. The van der Waals surface area contributed by atoms with Gasteiger partial charge in [-0.3, -0.25) is 0 Å². The molecule has 1 fully saturated rings. The molecule has 92 valence electrons. The molecule has 0 spiro atoms. The van der Waals surface area contributed by atoms with Gasteiger partial charge in [-0.05, 0) is 44.3 Å². The number of hydrogen-bond acceptors (Lipinski definition) is 3. The Morgan fingerprint density at radius 3 is 2.71 bits per heavy atom. The molecule has 0 aliphatic carbocycles. The van der Waals surface area contributed by atoms with E-state index in [4.69, 9.17) is 5.73 Å². The van der Waals surface area contributed by atoms with Crippen molar-refractivity contribution in [2.45, 2.75) is 12.5 Å². The summed E-state index contributed by atoms with van der Waals surface area (Å²) in [5.74, 6) is 0. The second-order valence-corrected chi connectivity index (χ2v) is 4.47. The highest BCUT2D eigenvalue weighted by molar-refractivity contribution is 5.89. The number of nitrogen functional groups attached to an aromatic ring is 1. The summed E-state index contributed by atoms with van der Waals surface area (Å²) in [6.07, 6.45) is 1.01. The minimum atomic E-state index is -0.157. The fourth-order valence-electron chi connectivity index (χ4n) is 1.97. The van der Waals surface area contributed by atoms with E-state index in [2.05, 4.69) is 22.6 Å². The monoisotopic (exact) mass is 234 g/mol. The fourth-order valence-corrected chi connectivity index (χ4v) is 1.97. The van der Waals surface area contributed by atoms with Crippen LogP contribution in [0.25, 0.3) is 0 Å². The molecule has 5 heteroatoms. The van der Waals surface area contributed by atoms with Crippen molar-refractivity contribution in [3.63, 3.8) is 0 Å². The number of benzene rings is 1. The molecule has 0 aromatic heterocycles. The Balaban J connectivity index is 1.83. The first-order valence-electron chi connectivity index (χ1n) is 5.75. The standard InChI is InChI=1S/C12H18N4O/c1-16-7-6-11(8-16)15-12(17)14-10-4-2-9(13)3-5-10/h2-5,11H,6-8,13H2,1H3,(H2,14,15,17). The molecule has 0 radical (unpaired) electrons. The van der Waals surface area contributed by atoms with Gasteiger partial charge in [0.1, 0.15) is 0 Å². The van der Waals surface area contributed by atoms with Crippen molar-refractivity contribution in [2.75, 3.05) is 31.2 Å². The number of carbonyl (C=O) groups excluding carboxylic acids is 1. The number of likely N-dealkylation sites (tertiary alicyclic amines) is 1. The highest BCUT2D eigenvalue weighted by Gasteiger charge is 2.20. The molecule has 1 aliphatic heterocycles. The summed E-state index contributed by atoms with van der Waals surface area (Å²) in [5, 5.41) is 5.74. The van der Waals surface area contributed by atoms with Crippen LogP contribution in [0, 0.1) is 0 Å². The number of nitrogens with one attached hydrogen (secondary N) is 2. The van der Waals surface area contributed by atoms with E-state index < -0.39 is 0 Å². The van der Waals surface area contributed by atoms with Gasteiger partial charge in [0.2, 0.25) is 0 Å². The number of nitrogens with two attached hydrogens (primary N) is 1. The van der Waals surface area contributed by atoms with Crippen LogP contribution in [0.15, 0.2) is 24.3 Å². The third-order valence-electron chi connectivity index (χ3n) is 2.90. The lowest BCUT2D eigenvalue weighted by Gasteiger charge is -2.13. The first kappa shape index (κ1) is 11.7. The molecule has 2 rings (SSSR count). The van der Waals surface area contributed by atoms with Gasteiger partial charge in [0, 0.05) is 24.0 Å². The van der Waals surface area contributed by atoms with Crippen LogP contribution in [0.2, 0.25) is 0 Å². The van der Waals surface area contributed by atoms with Gasteiger partial charge < -0.3 is 21.3 Å². The van der Waals surface area contributed by atoms with E-state index >= 15 is 0 Å². The van der Waals surface area contributed by atoms with E-state index in [1.165, 1.54) is 0 Å². The Labute approximate surface area is 101 Å². The molecule has 1 aromatic rings. The van der Waals surface area contributed by atoms with Gasteiger partial charge >= 0.3 is 6.03 Å². The Bertz CT molecular complexity index is 390. The summed E-state index contributed by atoms with van der Waals surface area (Å²) < 4.78 is 0. The van der Waals surface area contributed by atoms with Crippen LogP contribution in [0.5, 0.6) is 0 Å². The van der Waals surface area contributed by atoms with Crippen LogP contribution in [0.3, 0.4) is 0 Å². The lowest BCUT2D eigenvalue weighted by molar-refractivity contribution is 0.248. The quantitative estimate of drug-likeness (QED) is 0.671. The minimum absolute atomic E-state index is 0.157. The van der Waals surface area contributed by atoms with Crippen molar-refractivity contribution in [3.8, 4) is 0 Å². The summed E-state index contributed by atoms with van der Waals surface area (Å²) in [7, 11) is 2.06. The molecule has 1 atom stereocenters. The molecular formula is C12H18N4O. The maximum atomic E-state index is 11.7. The van der Waals surface area contributed by atoms with Gasteiger partial charge in [-0.1, -0.05) is 0 Å². The summed E-state index contributed by atoms with van der Waals surface area (Å²) in [6.45, 7) is 1.95. The summed E-state index contributed by atoms with van der Waals surface area (Å²) in [5.41, 5.74) is 7.01. The van der Waals surface area contributed by atoms with Gasteiger partial charge in [0.15, 0.2) is 0 Å². The van der Waals surface area contributed by atoms with Crippen LogP contribution >= 0.6 is 0 Å². The zero-order valence-corrected chi connectivity index (χ0v) is 9.94. The molecule has 1 aromatic carbocycles. The van der Waals surface area contributed by atoms with Crippen molar-refractivity contribution in [1.82, 2.24) is 10.2 Å². The van der Waals surface area contributed by atoms with Crippen LogP contribution < -0.4 is 16.4 Å². The molecule has 5 nitrogen and oxygen atoms in total. The molecule has 1 saturated heterocycles. The molecule has 2 amide bonds. The maximum absolute atomic E-state index is 11.7. The van der Waals surface area contributed by atoms with E-state index in [-0.39, 0.29) is 12.1 Å². The van der Waals surface area contributed by atoms with Crippen molar-refractivity contribution >= 4 is 17.4 Å². The number of anilines is 2. The Hall–Kier alpha value is -1.75. The van der Waals surface area contributed by atoms with Crippen molar-refractivity contribution < 1.29 is 4.79 Å². The topological polar surface area (TPSA) is 70.4 Å². The van der Waals surface area contributed by atoms with E-state index in [9.17, 15) is 4.79 Å². The van der Waals surface area contributed by atoms with Crippen LogP contribution in [0.1, 0.15) is 6.42 Å². The number of urea groups is 1. The average molecular weight is 234 g/mol. The van der Waals surface area contributed by atoms with Gasteiger partial charge in [-0.15, -0.1) is 0 Å². The molecule has 1 unspecified atom stereocenters. The Kier molecular flexibility index (Phi) is 3.49. The van der Waals surface area contributed by atoms with Gasteiger partial charge in [0.05, 0.1) is 0 Å². The Morgan fingerprint density at radius 1 is 1.41 bits per heavy atom. The van der Waals surface area contributed by atoms with Crippen molar-refractivity contribution in [2.24, 2.45) is 0 Å². The molecule has 1 aliphatic rings. The molecule has 4 N–H and O–H groups in total. The zero-order valence-electron chi connectivity index (χ0n) is 9.94. The maximum Gasteiger partial charge on any atom is 0.319 e. The fraction of sp³-hybridized carbons (Fsp3) is 0.417. The van der Waals surface area contributed by atoms with Gasteiger partial charge in [-0.25, -0.2) is 4.79 Å². The zero-order chi connectivity index (χ0) is 12.3. The molecule has 0 saturated carbocycles. The number of amides is 2. The van der Waals surface area contributed by atoms with E-state index in [0.29, 0.717) is 5.69 Å². The predicted octanol–water partition coefficient (Wildman–Crippen LogP) is 1.09. The number of carbonyl (C=O) groups is 1. The van der Waals surface area contributed by atoms with Crippen molar-refractivity contribution in [3.05, 3.63) is 24.3 Å². The average Bonchev–Trinajstić information content (AvgIpc) is 2.67. The van der Waals surface area contributed by atoms with Crippen LogP contribution in [-0.2, 0) is 0 Å². The lowest BCUT2D eigenvalue weighted by atomic mass is 10.2. The molecule has 1 heterocycles. The molecule has 0 bridgehead atoms. The highest BCUT2D eigenvalue weighted by atomic mass is 16.2. The second kappa shape index (κ2) is 5.05. The molecular weight excluding hydrogens is 216 g/mol. The van der Waals surface area contributed by atoms with E-state index in [1.807, 2.05) is 0 Å². The number of nitrogens with zero attached hydrogens (tertiary/aromatic N) is 1. The van der Waals surface area contributed by atoms with E-state index in [1.54, 1.807) is 24.3 Å². The number of rotatable bonds is 2. The van der Waals surface area contributed by atoms with Crippen LogP contribution in [-0.4, -0.2) is 37.1 Å². The largest absolute Gasteiger partial charge is 0.399 e. The smallest absolute Gasteiger partial charge is 0.319 e. The van der Waals surface area contributed by atoms with Crippen LogP contribution in [0.4, 0.5) is 16.2 Å². The molecule has 17 heavy (non-hydrogen) atoms. The Morgan fingerprint density at radius 2 is 2.12 bits per heavy atom. The lowest BCUT2D eigenvalue weighted by Crippen LogP contribution is -2.39. The van der Waals surface area contributed by atoms with Gasteiger partial charge in [-0.2, -0.15) is 0 Å². The normalized spacial score (nSPS) is 20.2. The minimum Gasteiger partial charge on any atom is -0.399 e. The van der Waals surface area contributed by atoms with E-state index in [0.717, 1.165) is 25.2 Å². The van der Waals surface area contributed by atoms with Gasteiger partial charge in [0.25, 0.3) is 0 Å². The van der Waals surface area contributed by atoms with Crippen molar-refractivity contribution in [1.29, 1.82) is 0 Å². The third kappa shape index (κ3) is 3.35. The SMILES string of the molecule is CN1CCC(NC(=O)Nc2ccc(N)cc2)C1. The predicted molar refractivity (Wildman–Crippen MR) is 68.9 cm³/mol. The second-order valence-electron chi connectivity index (χ2n) is 4.47. The summed E-state index contributed by atoms with van der Waals surface area (Å²) in [6, 6.07) is 7.19. The number of likely N-dealkylation sites (N-methyl/N-ethyl adjacent to an activating group) is 1. The first-order chi connectivity index (χ1) is 8.13. The first-order valence-corrected chi connectivity index (χ1v) is 5.75. The third-order valence-corrected chi connectivity index (χ3v) is 2.90. The summed E-state index contributed by atoms with van der Waals surface area (Å²) >= 11 is 0. The highest BCUT2D eigenvalue weighted by Crippen LogP contribution is 2.11.